The quantitative estimate of drug-likeness (QED) is 0.908. The lowest BCUT2D eigenvalue weighted by Gasteiger charge is -2.26. The van der Waals surface area contributed by atoms with Gasteiger partial charge in [0.2, 0.25) is 11.8 Å². The minimum absolute atomic E-state index is 0.0314. The molecule has 2 amide bonds. The molecule has 4 nitrogen and oxygen atoms in total. The fourth-order valence-electron chi connectivity index (χ4n) is 2.90. The molecule has 1 aromatic carbocycles. The van der Waals surface area contributed by atoms with Crippen molar-refractivity contribution in [1.29, 1.82) is 0 Å². The fourth-order valence-corrected chi connectivity index (χ4v) is 2.90. The number of nitrogens with zero attached hydrogens (tertiary/aromatic N) is 1. The van der Waals surface area contributed by atoms with Crippen LogP contribution in [0.2, 0.25) is 0 Å². The van der Waals surface area contributed by atoms with E-state index in [-0.39, 0.29) is 36.0 Å². The third kappa shape index (κ3) is 3.46. The van der Waals surface area contributed by atoms with Crippen LogP contribution in [0.3, 0.4) is 0 Å². The SMILES string of the molecule is CCC(CC)N1CC(C(=O)Nc2ccc(C)c(F)c2)CC1=O. The Labute approximate surface area is 130 Å². The van der Waals surface area contributed by atoms with E-state index in [2.05, 4.69) is 5.32 Å². The van der Waals surface area contributed by atoms with Crippen molar-refractivity contribution in [1.82, 2.24) is 4.90 Å². The molecule has 0 bridgehead atoms. The molecule has 5 heteroatoms. The van der Waals surface area contributed by atoms with Gasteiger partial charge in [0.15, 0.2) is 0 Å². The monoisotopic (exact) mass is 306 g/mol. The number of amides is 2. The van der Waals surface area contributed by atoms with E-state index in [0.29, 0.717) is 17.8 Å². The Morgan fingerprint density at radius 2 is 2.09 bits per heavy atom. The van der Waals surface area contributed by atoms with E-state index >= 15 is 0 Å². The summed E-state index contributed by atoms with van der Waals surface area (Å²) in [5.41, 5.74) is 0.968. The van der Waals surface area contributed by atoms with Gasteiger partial charge in [0.1, 0.15) is 5.82 Å². The lowest BCUT2D eigenvalue weighted by Crippen LogP contribution is -2.36. The van der Waals surface area contributed by atoms with Gasteiger partial charge in [0.25, 0.3) is 0 Å². The summed E-state index contributed by atoms with van der Waals surface area (Å²) in [4.78, 5) is 26.2. The average Bonchev–Trinajstić information content (AvgIpc) is 2.87. The average molecular weight is 306 g/mol. The Balaban J connectivity index is 2.02. The third-order valence-corrected chi connectivity index (χ3v) is 4.35. The van der Waals surface area contributed by atoms with Gasteiger partial charge in [-0.2, -0.15) is 0 Å². The first-order chi connectivity index (χ1) is 10.5. The molecule has 1 fully saturated rings. The van der Waals surface area contributed by atoms with Crippen LogP contribution in [-0.2, 0) is 9.59 Å². The zero-order valence-corrected chi connectivity index (χ0v) is 13.4. The molecule has 0 aliphatic carbocycles. The second-order valence-corrected chi connectivity index (χ2v) is 5.87. The Morgan fingerprint density at radius 1 is 1.41 bits per heavy atom. The van der Waals surface area contributed by atoms with Crippen molar-refractivity contribution in [3.63, 3.8) is 0 Å². The lowest BCUT2D eigenvalue weighted by molar-refractivity contribution is -0.130. The van der Waals surface area contributed by atoms with Gasteiger partial charge in [-0.3, -0.25) is 9.59 Å². The maximum Gasteiger partial charge on any atom is 0.229 e. The topological polar surface area (TPSA) is 49.4 Å². The van der Waals surface area contributed by atoms with E-state index in [1.807, 2.05) is 13.8 Å². The molecule has 0 radical (unpaired) electrons. The molecule has 1 saturated heterocycles. The van der Waals surface area contributed by atoms with Crippen LogP contribution in [0.5, 0.6) is 0 Å². The second-order valence-electron chi connectivity index (χ2n) is 5.87. The smallest absolute Gasteiger partial charge is 0.229 e. The van der Waals surface area contributed by atoms with Gasteiger partial charge in [-0.1, -0.05) is 19.9 Å². The van der Waals surface area contributed by atoms with E-state index in [1.54, 1.807) is 24.0 Å². The summed E-state index contributed by atoms with van der Waals surface area (Å²) in [6.45, 7) is 6.21. The molecule has 22 heavy (non-hydrogen) atoms. The molecule has 1 atom stereocenters. The van der Waals surface area contributed by atoms with Crippen molar-refractivity contribution < 1.29 is 14.0 Å². The lowest BCUT2D eigenvalue weighted by atomic mass is 10.1. The van der Waals surface area contributed by atoms with Gasteiger partial charge in [0, 0.05) is 24.7 Å². The minimum Gasteiger partial charge on any atom is -0.339 e. The summed E-state index contributed by atoms with van der Waals surface area (Å²) in [6.07, 6.45) is 2.01. The van der Waals surface area contributed by atoms with Gasteiger partial charge >= 0.3 is 0 Å². The summed E-state index contributed by atoms with van der Waals surface area (Å²) in [5.74, 6) is -0.898. The zero-order chi connectivity index (χ0) is 16.3. The van der Waals surface area contributed by atoms with Crippen LogP contribution >= 0.6 is 0 Å². The summed E-state index contributed by atoms with van der Waals surface area (Å²) in [7, 11) is 0. The largest absolute Gasteiger partial charge is 0.339 e. The predicted molar refractivity (Wildman–Crippen MR) is 84.0 cm³/mol. The zero-order valence-electron chi connectivity index (χ0n) is 13.4. The molecule has 1 heterocycles. The van der Waals surface area contributed by atoms with E-state index in [1.165, 1.54) is 6.07 Å². The second kappa shape index (κ2) is 6.90. The van der Waals surface area contributed by atoms with Crippen molar-refractivity contribution in [3.8, 4) is 0 Å². The Hall–Kier alpha value is -1.91. The molecule has 120 valence electrons. The van der Waals surface area contributed by atoms with E-state index < -0.39 is 0 Å². The van der Waals surface area contributed by atoms with Crippen LogP contribution in [-0.4, -0.2) is 29.3 Å². The van der Waals surface area contributed by atoms with Crippen LogP contribution in [0, 0.1) is 18.7 Å². The number of hydrogen-bond acceptors (Lipinski definition) is 2. The van der Waals surface area contributed by atoms with Gasteiger partial charge in [-0.25, -0.2) is 4.39 Å². The van der Waals surface area contributed by atoms with Crippen molar-refractivity contribution in [2.75, 3.05) is 11.9 Å². The number of nitrogens with one attached hydrogen (secondary N) is 1. The molecule has 1 aromatic rings. The summed E-state index contributed by atoms with van der Waals surface area (Å²) < 4.78 is 13.5. The Bertz CT molecular complexity index is 570. The van der Waals surface area contributed by atoms with E-state index in [0.717, 1.165) is 12.8 Å². The van der Waals surface area contributed by atoms with Gasteiger partial charge in [-0.15, -0.1) is 0 Å². The van der Waals surface area contributed by atoms with Crippen LogP contribution < -0.4 is 5.32 Å². The van der Waals surface area contributed by atoms with E-state index in [9.17, 15) is 14.0 Å². The first-order valence-corrected chi connectivity index (χ1v) is 7.82. The van der Waals surface area contributed by atoms with Crippen LogP contribution in [0.1, 0.15) is 38.7 Å². The highest BCUT2D eigenvalue weighted by atomic mass is 19.1. The highest BCUT2D eigenvalue weighted by molar-refractivity contribution is 5.97. The van der Waals surface area contributed by atoms with Gasteiger partial charge in [0.05, 0.1) is 5.92 Å². The summed E-state index contributed by atoms with van der Waals surface area (Å²) in [6, 6.07) is 4.80. The van der Waals surface area contributed by atoms with Crippen LogP contribution in [0.25, 0.3) is 0 Å². The molecule has 0 aromatic heterocycles. The highest BCUT2D eigenvalue weighted by Crippen LogP contribution is 2.24. The maximum atomic E-state index is 13.5. The molecule has 0 spiro atoms. The fraction of sp³-hybridized carbons (Fsp3) is 0.529. The van der Waals surface area contributed by atoms with Crippen molar-refractivity contribution in [3.05, 3.63) is 29.6 Å². The molecular weight excluding hydrogens is 283 g/mol. The van der Waals surface area contributed by atoms with Crippen molar-refractivity contribution >= 4 is 17.5 Å². The minimum atomic E-state index is -0.363. The molecule has 1 aliphatic rings. The van der Waals surface area contributed by atoms with E-state index in [4.69, 9.17) is 0 Å². The normalized spacial score (nSPS) is 18.1. The Morgan fingerprint density at radius 3 is 2.68 bits per heavy atom. The summed E-state index contributed by atoms with van der Waals surface area (Å²) in [5, 5.41) is 2.71. The number of anilines is 1. The number of aryl methyl sites for hydroxylation is 1. The number of likely N-dealkylation sites (tertiary alicyclic amines) is 1. The number of carbonyl (C=O) groups is 2. The number of halogens is 1. The maximum absolute atomic E-state index is 13.5. The number of rotatable bonds is 5. The number of benzene rings is 1. The molecule has 1 unspecified atom stereocenters. The van der Waals surface area contributed by atoms with Gasteiger partial charge in [-0.05, 0) is 37.5 Å². The third-order valence-electron chi connectivity index (χ3n) is 4.35. The molecule has 2 rings (SSSR count). The highest BCUT2D eigenvalue weighted by Gasteiger charge is 2.36. The van der Waals surface area contributed by atoms with Crippen LogP contribution in [0.4, 0.5) is 10.1 Å². The molecular formula is C17H23FN2O2. The first kappa shape index (κ1) is 16.5. The van der Waals surface area contributed by atoms with Crippen molar-refractivity contribution in [2.24, 2.45) is 5.92 Å². The number of carbonyl (C=O) groups excluding carboxylic acids is 2. The molecule has 1 N–H and O–H groups in total. The molecule has 1 aliphatic heterocycles. The molecule has 0 saturated carbocycles. The standard InChI is InChI=1S/C17H23FN2O2/c1-4-14(5-2)20-10-12(8-16(20)21)17(22)19-13-7-6-11(3)15(18)9-13/h6-7,9,12,14H,4-5,8,10H2,1-3H3,(H,19,22). The Kier molecular flexibility index (Phi) is 5.16. The van der Waals surface area contributed by atoms with Crippen molar-refractivity contribution in [2.45, 2.75) is 46.1 Å². The summed E-state index contributed by atoms with van der Waals surface area (Å²) >= 11 is 0. The predicted octanol–water partition coefficient (Wildman–Crippen LogP) is 3.11. The number of hydrogen-bond donors (Lipinski definition) is 1. The van der Waals surface area contributed by atoms with Crippen LogP contribution in [0.15, 0.2) is 18.2 Å². The first-order valence-electron chi connectivity index (χ1n) is 7.82. The van der Waals surface area contributed by atoms with Gasteiger partial charge < -0.3 is 10.2 Å².